The number of carbonyl (C=O) groups excluding carboxylic acids is 3. The van der Waals surface area contributed by atoms with Gasteiger partial charge in [-0.15, -0.1) is 0 Å². The number of aromatic nitrogens is 2. The average molecular weight is 330 g/mol. The van der Waals surface area contributed by atoms with Crippen LogP contribution >= 0.6 is 0 Å². The Kier molecular flexibility index (Phi) is 5.13. The van der Waals surface area contributed by atoms with E-state index in [1.807, 2.05) is 0 Å². The standard InChI is InChI=1S/C17H18N2O5/c1-9-13(17(22)23-4)10(2)19-14(9)15(20)11(3)24-16(21)12-7-5-6-8-18-12/h5-8,11,19H,1-4H3/t11-/m1/s1. The number of rotatable bonds is 5. The largest absolute Gasteiger partial charge is 0.465 e. The Hall–Kier alpha value is -2.96. The van der Waals surface area contributed by atoms with Crippen LogP contribution < -0.4 is 0 Å². The van der Waals surface area contributed by atoms with Crippen molar-refractivity contribution in [1.29, 1.82) is 0 Å². The van der Waals surface area contributed by atoms with Crippen LogP contribution in [0.5, 0.6) is 0 Å². The summed E-state index contributed by atoms with van der Waals surface area (Å²) in [7, 11) is 1.27. The molecule has 0 amide bonds. The highest BCUT2D eigenvalue weighted by Gasteiger charge is 2.27. The smallest absolute Gasteiger partial charge is 0.357 e. The van der Waals surface area contributed by atoms with E-state index in [-0.39, 0.29) is 11.4 Å². The molecule has 0 aliphatic heterocycles. The minimum Gasteiger partial charge on any atom is -0.465 e. The van der Waals surface area contributed by atoms with Crippen LogP contribution in [0.15, 0.2) is 24.4 Å². The molecule has 2 aromatic rings. The fraction of sp³-hybridized carbons (Fsp3) is 0.294. The van der Waals surface area contributed by atoms with E-state index in [0.29, 0.717) is 16.8 Å². The van der Waals surface area contributed by atoms with Crippen molar-refractivity contribution in [2.24, 2.45) is 0 Å². The zero-order chi connectivity index (χ0) is 17.9. The van der Waals surface area contributed by atoms with Crippen LogP contribution in [0.1, 0.15) is 49.5 Å². The number of methoxy groups -OCH3 is 1. The summed E-state index contributed by atoms with van der Waals surface area (Å²) in [5.74, 6) is -1.65. The molecule has 2 rings (SSSR count). The molecule has 0 saturated carbocycles. The van der Waals surface area contributed by atoms with E-state index in [2.05, 4.69) is 9.97 Å². The second-order valence-corrected chi connectivity index (χ2v) is 5.24. The molecule has 0 radical (unpaired) electrons. The third kappa shape index (κ3) is 3.34. The molecule has 0 bridgehead atoms. The number of H-pyrrole nitrogens is 1. The molecule has 0 unspecified atom stereocenters. The van der Waals surface area contributed by atoms with E-state index >= 15 is 0 Å². The number of nitrogens with one attached hydrogen (secondary N) is 1. The number of nitrogens with zero attached hydrogens (tertiary/aromatic N) is 1. The fourth-order valence-corrected chi connectivity index (χ4v) is 2.37. The van der Waals surface area contributed by atoms with Gasteiger partial charge in [0.25, 0.3) is 0 Å². The summed E-state index contributed by atoms with van der Waals surface area (Å²) in [6.45, 7) is 4.77. The number of aromatic amines is 1. The number of carbonyl (C=O) groups is 3. The molecular formula is C17H18N2O5. The monoisotopic (exact) mass is 330 g/mol. The third-order valence-corrected chi connectivity index (χ3v) is 3.60. The van der Waals surface area contributed by atoms with Crippen molar-refractivity contribution in [3.8, 4) is 0 Å². The van der Waals surface area contributed by atoms with Gasteiger partial charge in [0.1, 0.15) is 5.69 Å². The summed E-state index contributed by atoms with van der Waals surface area (Å²) < 4.78 is 9.87. The van der Waals surface area contributed by atoms with E-state index < -0.39 is 23.8 Å². The second kappa shape index (κ2) is 7.08. The molecule has 2 heterocycles. The summed E-state index contributed by atoms with van der Waals surface area (Å²) in [5.41, 5.74) is 1.63. The number of ether oxygens (including phenoxy) is 2. The average Bonchev–Trinajstić information content (AvgIpc) is 2.88. The van der Waals surface area contributed by atoms with Crippen LogP contribution in [0.4, 0.5) is 0 Å². The summed E-state index contributed by atoms with van der Waals surface area (Å²) in [5, 5.41) is 0. The Morgan fingerprint density at radius 1 is 1.17 bits per heavy atom. The molecule has 0 spiro atoms. The Labute approximate surface area is 139 Å². The molecule has 2 aromatic heterocycles. The van der Waals surface area contributed by atoms with Crippen molar-refractivity contribution in [1.82, 2.24) is 9.97 Å². The van der Waals surface area contributed by atoms with Gasteiger partial charge in [-0.2, -0.15) is 0 Å². The first-order chi connectivity index (χ1) is 11.4. The Morgan fingerprint density at radius 3 is 2.46 bits per heavy atom. The van der Waals surface area contributed by atoms with Crippen LogP contribution in [-0.2, 0) is 9.47 Å². The van der Waals surface area contributed by atoms with Crippen LogP contribution in [0, 0.1) is 13.8 Å². The number of hydrogen-bond donors (Lipinski definition) is 1. The number of esters is 2. The van der Waals surface area contributed by atoms with Crippen LogP contribution in [0.2, 0.25) is 0 Å². The molecule has 7 heteroatoms. The van der Waals surface area contributed by atoms with Crippen molar-refractivity contribution in [3.05, 3.63) is 52.6 Å². The molecule has 1 atom stereocenters. The van der Waals surface area contributed by atoms with Crippen LogP contribution in [0.25, 0.3) is 0 Å². The molecule has 1 N–H and O–H groups in total. The van der Waals surface area contributed by atoms with E-state index in [4.69, 9.17) is 9.47 Å². The highest BCUT2D eigenvalue weighted by Crippen LogP contribution is 2.21. The van der Waals surface area contributed by atoms with E-state index in [1.165, 1.54) is 26.3 Å². The minimum absolute atomic E-state index is 0.117. The van der Waals surface area contributed by atoms with Gasteiger partial charge < -0.3 is 14.5 Å². The topological polar surface area (TPSA) is 98.4 Å². The van der Waals surface area contributed by atoms with Crippen molar-refractivity contribution >= 4 is 17.7 Å². The van der Waals surface area contributed by atoms with E-state index in [1.54, 1.807) is 26.0 Å². The van der Waals surface area contributed by atoms with Gasteiger partial charge in [0.2, 0.25) is 5.78 Å². The first-order valence-electron chi connectivity index (χ1n) is 7.30. The van der Waals surface area contributed by atoms with E-state index in [9.17, 15) is 14.4 Å². The first-order valence-corrected chi connectivity index (χ1v) is 7.30. The molecule has 0 saturated heterocycles. The van der Waals surface area contributed by atoms with Gasteiger partial charge in [-0.3, -0.25) is 4.79 Å². The summed E-state index contributed by atoms with van der Waals surface area (Å²) in [4.78, 5) is 43.0. The van der Waals surface area contributed by atoms with Gasteiger partial charge in [-0.05, 0) is 38.5 Å². The normalized spacial score (nSPS) is 11.7. The molecule has 24 heavy (non-hydrogen) atoms. The molecule has 0 aromatic carbocycles. The predicted octanol–water partition coefficient (Wildman–Crippen LogP) is 2.24. The Balaban J connectivity index is 2.20. The molecule has 7 nitrogen and oxygen atoms in total. The Bertz CT molecular complexity index is 780. The zero-order valence-corrected chi connectivity index (χ0v) is 13.9. The fourth-order valence-electron chi connectivity index (χ4n) is 2.37. The highest BCUT2D eigenvalue weighted by molar-refractivity contribution is 6.04. The van der Waals surface area contributed by atoms with Gasteiger partial charge in [0, 0.05) is 11.9 Å². The zero-order valence-electron chi connectivity index (χ0n) is 13.9. The summed E-state index contributed by atoms with van der Waals surface area (Å²) in [6.07, 6.45) is 0.436. The molecule has 0 aliphatic rings. The van der Waals surface area contributed by atoms with Crippen molar-refractivity contribution in [3.63, 3.8) is 0 Å². The van der Waals surface area contributed by atoms with Crippen LogP contribution in [0.3, 0.4) is 0 Å². The SMILES string of the molecule is COC(=O)c1c(C)[nH]c(C(=O)[C@@H](C)OC(=O)c2ccccn2)c1C. The maximum Gasteiger partial charge on any atom is 0.357 e. The quantitative estimate of drug-likeness (QED) is 0.667. The first kappa shape index (κ1) is 17.4. The number of pyridine rings is 1. The number of hydrogen-bond acceptors (Lipinski definition) is 6. The molecule has 0 fully saturated rings. The van der Waals surface area contributed by atoms with Gasteiger partial charge in [-0.1, -0.05) is 6.07 Å². The number of aryl methyl sites for hydroxylation is 1. The highest BCUT2D eigenvalue weighted by atomic mass is 16.5. The van der Waals surface area contributed by atoms with Crippen molar-refractivity contribution in [2.75, 3.05) is 7.11 Å². The van der Waals surface area contributed by atoms with Crippen molar-refractivity contribution in [2.45, 2.75) is 26.9 Å². The lowest BCUT2D eigenvalue weighted by atomic mass is 10.1. The minimum atomic E-state index is -1.03. The number of ketones is 1. The maximum atomic E-state index is 12.5. The third-order valence-electron chi connectivity index (χ3n) is 3.60. The molecular weight excluding hydrogens is 312 g/mol. The van der Waals surface area contributed by atoms with Crippen molar-refractivity contribution < 1.29 is 23.9 Å². The van der Waals surface area contributed by atoms with Gasteiger partial charge in [0.15, 0.2) is 6.10 Å². The second-order valence-electron chi connectivity index (χ2n) is 5.24. The van der Waals surface area contributed by atoms with E-state index in [0.717, 1.165) is 0 Å². The Morgan fingerprint density at radius 2 is 1.88 bits per heavy atom. The lowest BCUT2D eigenvalue weighted by Gasteiger charge is -2.11. The predicted molar refractivity (Wildman–Crippen MR) is 85.1 cm³/mol. The van der Waals surface area contributed by atoms with Gasteiger partial charge in [0.05, 0.1) is 18.4 Å². The summed E-state index contributed by atoms with van der Waals surface area (Å²) in [6, 6.07) is 4.82. The van der Waals surface area contributed by atoms with Gasteiger partial charge >= 0.3 is 11.9 Å². The molecule has 0 aliphatic carbocycles. The molecule has 126 valence electrons. The van der Waals surface area contributed by atoms with Gasteiger partial charge in [-0.25, -0.2) is 14.6 Å². The number of Topliss-reactive ketones (excluding diaryl/α,β-unsaturated/α-hetero) is 1. The lowest BCUT2D eigenvalue weighted by Crippen LogP contribution is -2.25. The lowest BCUT2D eigenvalue weighted by molar-refractivity contribution is 0.0311. The maximum absolute atomic E-state index is 12.5. The summed E-state index contributed by atoms with van der Waals surface area (Å²) >= 11 is 0. The van der Waals surface area contributed by atoms with Crippen LogP contribution in [-0.4, -0.2) is 40.9 Å².